The molecule has 0 aromatic heterocycles. The van der Waals surface area contributed by atoms with E-state index in [1.54, 1.807) is 0 Å². The molecule has 1 heterocycles. The topological polar surface area (TPSA) is 237 Å². The zero-order chi connectivity index (χ0) is 23.6. The summed E-state index contributed by atoms with van der Waals surface area (Å²) >= 11 is 0. The molecular weight excluding hydrogens is 418 g/mol. The fourth-order valence-electron chi connectivity index (χ4n) is 2.85. The Hall–Kier alpha value is -3.26. The van der Waals surface area contributed by atoms with Crippen molar-refractivity contribution in [1.29, 1.82) is 0 Å². The van der Waals surface area contributed by atoms with Crippen LogP contribution in [0.15, 0.2) is 0 Å². The Morgan fingerprint density at radius 1 is 0.968 bits per heavy atom. The maximum atomic E-state index is 12.6. The van der Waals surface area contributed by atoms with Gasteiger partial charge in [-0.1, -0.05) is 0 Å². The van der Waals surface area contributed by atoms with E-state index in [1.165, 1.54) is 0 Å². The molecule has 1 aliphatic heterocycles. The zero-order valence-corrected chi connectivity index (χ0v) is 16.6. The number of hydrogen-bond acceptors (Lipinski definition) is 8. The number of rotatable bonds is 13. The lowest BCUT2D eigenvalue weighted by Gasteiger charge is -2.24. The molecule has 0 aromatic carbocycles. The van der Waals surface area contributed by atoms with Gasteiger partial charge in [0.25, 0.3) is 0 Å². The highest BCUT2D eigenvalue weighted by Crippen LogP contribution is 2.07. The number of nitrogens with one attached hydrogen (secondary N) is 4. The number of carboxylic acid groups (broad SMARTS) is 2. The average molecular weight is 445 g/mol. The van der Waals surface area contributed by atoms with E-state index in [0.717, 1.165) is 6.42 Å². The molecule has 4 atom stereocenters. The van der Waals surface area contributed by atoms with Crippen LogP contribution in [0.5, 0.6) is 0 Å². The van der Waals surface area contributed by atoms with Crippen LogP contribution in [0, 0.1) is 0 Å². The summed E-state index contributed by atoms with van der Waals surface area (Å²) in [4.78, 5) is 70.4. The third-order valence-corrected chi connectivity index (χ3v) is 4.50. The molecule has 14 nitrogen and oxygen atoms in total. The van der Waals surface area contributed by atoms with Crippen LogP contribution in [0.2, 0.25) is 0 Å². The summed E-state index contributed by atoms with van der Waals surface area (Å²) in [7, 11) is 0. The monoisotopic (exact) mass is 445 g/mol. The fourth-order valence-corrected chi connectivity index (χ4v) is 2.85. The summed E-state index contributed by atoms with van der Waals surface area (Å²) in [5.41, 5.74) is 5.05. The largest absolute Gasteiger partial charge is 0.481 e. The number of carbonyl (C=O) groups excluding carboxylic acids is 4. The van der Waals surface area contributed by atoms with Crippen LogP contribution in [-0.4, -0.2) is 88.2 Å². The number of carboxylic acids is 2. The van der Waals surface area contributed by atoms with Gasteiger partial charge in [-0.05, 0) is 25.8 Å². The maximum absolute atomic E-state index is 12.6. The molecule has 4 amide bonds. The molecule has 0 spiro atoms. The van der Waals surface area contributed by atoms with Crippen LogP contribution in [0.1, 0.15) is 32.1 Å². The first kappa shape index (κ1) is 25.8. The average Bonchev–Trinajstić information content (AvgIpc) is 3.22. The van der Waals surface area contributed by atoms with Crippen molar-refractivity contribution >= 4 is 35.6 Å². The van der Waals surface area contributed by atoms with Gasteiger partial charge in [0, 0.05) is 6.42 Å². The SMILES string of the molecule is NC(=O)CCC(NC(=O)C(CC(=O)O)NC(=O)C1CCCN1)C(=O)NC(CO)C(=O)O. The standard InChI is InChI=1S/C17H27N5O9/c18-12(24)4-3-9(15(28)22-11(7-23)17(30)31)20-16(29)10(6-13(25)26)21-14(27)8-2-1-5-19-8/h8-11,19,23H,1-7H2,(H2,18,24)(H,20,29)(H,21,27)(H,22,28)(H,25,26)(H,30,31). The number of aliphatic hydroxyl groups is 1. The van der Waals surface area contributed by atoms with Crippen LogP contribution < -0.4 is 27.0 Å². The van der Waals surface area contributed by atoms with Gasteiger partial charge in [0.2, 0.25) is 23.6 Å². The Kier molecular flexibility index (Phi) is 10.3. The van der Waals surface area contributed by atoms with Crippen molar-refractivity contribution < 1.29 is 44.1 Å². The minimum absolute atomic E-state index is 0.317. The molecule has 14 heteroatoms. The van der Waals surface area contributed by atoms with Gasteiger partial charge in [-0.25, -0.2) is 4.79 Å². The van der Waals surface area contributed by atoms with Gasteiger partial charge in [0.15, 0.2) is 0 Å². The number of amides is 4. The summed E-state index contributed by atoms with van der Waals surface area (Å²) in [5.74, 6) is -6.35. The number of carbonyl (C=O) groups is 6. The Bertz CT molecular complexity index is 708. The molecular formula is C17H27N5O9. The van der Waals surface area contributed by atoms with E-state index in [2.05, 4.69) is 16.0 Å². The van der Waals surface area contributed by atoms with Crippen molar-refractivity contribution in [3.63, 3.8) is 0 Å². The second-order valence-corrected chi connectivity index (χ2v) is 6.96. The second-order valence-electron chi connectivity index (χ2n) is 6.96. The molecule has 0 aliphatic carbocycles. The van der Waals surface area contributed by atoms with Gasteiger partial charge in [-0.3, -0.25) is 24.0 Å². The lowest BCUT2D eigenvalue weighted by atomic mass is 10.1. The quantitative estimate of drug-likeness (QED) is 0.137. The van der Waals surface area contributed by atoms with E-state index in [9.17, 15) is 28.8 Å². The minimum atomic E-state index is -1.66. The van der Waals surface area contributed by atoms with Crippen molar-refractivity contribution in [2.24, 2.45) is 5.73 Å². The minimum Gasteiger partial charge on any atom is -0.481 e. The fraction of sp³-hybridized carbons (Fsp3) is 0.647. The number of primary amides is 1. The number of nitrogens with two attached hydrogens (primary N) is 1. The molecule has 1 fully saturated rings. The summed E-state index contributed by atoms with van der Waals surface area (Å²) in [6.45, 7) is -0.331. The molecule has 0 aromatic rings. The van der Waals surface area contributed by atoms with Crippen LogP contribution in [0.25, 0.3) is 0 Å². The molecule has 0 radical (unpaired) electrons. The third kappa shape index (κ3) is 8.96. The van der Waals surface area contributed by atoms with Crippen molar-refractivity contribution in [3.05, 3.63) is 0 Å². The summed E-state index contributed by atoms with van der Waals surface area (Å²) in [6, 6.07) is -5.24. The first-order valence-corrected chi connectivity index (χ1v) is 9.53. The normalized spacial score (nSPS) is 18.3. The van der Waals surface area contributed by atoms with Gasteiger partial charge >= 0.3 is 11.9 Å². The number of aliphatic hydroxyl groups excluding tert-OH is 1. The second kappa shape index (κ2) is 12.4. The Morgan fingerprint density at radius 2 is 1.58 bits per heavy atom. The van der Waals surface area contributed by atoms with Crippen molar-refractivity contribution in [2.75, 3.05) is 13.2 Å². The molecule has 9 N–H and O–H groups in total. The van der Waals surface area contributed by atoms with Crippen LogP contribution in [0.4, 0.5) is 0 Å². The molecule has 174 valence electrons. The molecule has 1 aliphatic rings. The molecule has 4 unspecified atom stereocenters. The van der Waals surface area contributed by atoms with Crippen LogP contribution in [-0.2, 0) is 28.8 Å². The van der Waals surface area contributed by atoms with E-state index in [0.29, 0.717) is 13.0 Å². The maximum Gasteiger partial charge on any atom is 0.328 e. The van der Waals surface area contributed by atoms with Crippen LogP contribution in [0.3, 0.4) is 0 Å². The van der Waals surface area contributed by atoms with Crippen molar-refractivity contribution in [3.8, 4) is 0 Å². The van der Waals surface area contributed by atoms with Gasteiger partial charge in [0.05, 0.1) is 19.1 Å². The highest BCUT2D eigenvalue weighted by Gasteiger charge is 2.32. The van der Waals surface area contributed by atoms with Gasteiger partial charge in [-0.15, -0.1) is 0 Å². The summed E-state index contributed by atoms with van der Waals surface area (Å²) in [6.07, 6.45) is -0.198. The van der Waals surface area contributed by atoms with Gasteiger partial charge < -0.3 is 42.3 Å². The summed E-state index contributed by atoms with van der Waals surface area (Å²) in [5, 5.41) is 36.5. The molecule has 0 bridgehead atoms. The number of aliphatic carboxylic acids is 2. The number of hydrogen-bond donors (Lipinski definition) is 8. The van der Waals surface area contributed by atoms with Crippen molar-refractivity contribution in [2.45, 2.75) is 56.3 Å². The predicted octanol–water partition coefficient (Wildman–Crippen LogP) is -3.99. The van der Waals surface area contributed by atoms with E-state index in [4.69, 9.17) is 21.1 Å². The first-order valence-electron chi connectivity index (χ1n) is 9.53. The van der Waals surface area contributed by atoms with Crippen LogP contribution >= 0.6 is 0 Å². The highest BCUT2D eigenvalue weighted by molar-refractivity contribution is 5.95. The Morgan fingerprint density at radius 3 is 2.06 bits per heavy atom. The first-order chi connectivity index (χ1) is 14.5. The Labute approximate surface area is 176 Å². The Balaban J connectivity index is 2.91. The highest BCUT2D eigenvalue weighted by atomic mass is 16.4. The van der Waals surface area contributed by atoms with E-state index in [1.807, 2.05) is 5.32 Å². The van der Waals surface area contributed by atoms with Crippen molar-refractivity contribution in [1.82, 2.24) is 21.3 Å². The third-order valence-electron chi connectivity index (χ3n) is 4.50. The van der Waals surface area contributed by atoms with Gasteiger partial charge in [-0.2, -0.15) is 0 Å². The smallest absolute Gasteiger partial charge is 0.328 e. The molecule has 1 rings (SSSR count). The van der Waals surface area contributed by atoms with E-state index >= 15 is 0 Å². The van der Waals surface area contributed by atoms with Gasteiger partial charge in [0.1, 0.15) is 18.1 Å². The molecule has 0 saturated carbocycles. The van der Waals surface area contributed by atoms with E-state index in [-0.39, 0.29) is 12.8 Å². The molecule has 31 heavy (non-hydrogen) atoms. The lowest BCUT2D eigenvalue weighted by Crippen LogP contribution is -2.57. The molecule has 1 saturated heterocycles. The summed E-state index contributed by atoms with van der Waals surface area (Å²) < 4.78 is 0. The predicted molar refractivity (Wildman–Crippen MR) is 102 cm³/mol. The van der Waals surface area contributed by atoms with E-state index < -0.39 is 72.8 Å². The zero-order valence-electron chi connectivity index (χ0n) is 16.6. The lowest BCUT2D eigenvalue weighted by molar-refractivity contribution is -0.144.